The molecular weight excluding hydrogens is 334 g/mol. The SMILES string of the molecule is CCCCC1=C[C@@]1(C(=O)OCC)C(=O)N1C(=O)OC[C@@H]1c1ccccc1. The molecule has 0 aromatic heterocycles. The Balaban J connectivity index is 1.88. The Morgan fingerprint density at radius 2 is 2.00 bits per heavy atom. The van der Waals surface area contributed by atoms with Gasteiger partial charge >= 0.3 is 12.1 Å². The van der Waals surface area contributed by atoms with Crippen molar-refractivity contribution < 1.29 is 23.9 Å². The molecule has 1 aliphatic carbocycles. The topological polar surface area (TPSA) is 72.9 Å². The highest BCUT2D eigenvalue weighted by atomic mass is 16.6. The summed E-state index contributed by atoms with van der Waals surface area (Å²) < 4.78 is 10.3. The standard InChI is InChI=1S/C20H23NO5/c1-3-5-11-15-12-20(15,18(23)25-4-2)17(22)21-16(13-26-19(21)24)14-9-7-6-8-10-14/h6-10,12,16H,3-5,11,13H2,1-2H3/t16-,20+/m1/s1. The summed E-state index contributed by atoms with van der Waals surface area (Å²) in [6.45, 7) is 3.99. The van der Waals surface area contributed by atoms with Crippen molar-refractivity contribution in [1.82, 2.24) is 4.90 Å². The molecule has 26 heavy (non-hydrogen) atoms. The van der Waals surface area contributed by atoms with Crippen molar-refractivity contribution >= 4 is 18.0 Å². The van der Waals surface area contributed by atoms with Gasteiger partial charge in [-0.15, -0.1) is 0 Å². The summed E-state index contributed by atoms with van der Waals surface area (Å²) in [5, 5.41) is 0. The highest BCUT2D eigenvalue weighted by Gasteiger charge is 2.62. The van der Waals surface area contributed by atoms with E-state index in [0.717, 1.165) is 28.9 Å². The van der Waals surface area contributed by atoms with Crippen molar-refractivity contribution in [2.75, 3.05) is 13.2 Å². The summed E-state index contributed by atoms with van der Waals surface area (Å²) in [5.74, 6) is -1.18. The lowest BCUT2D eigenvalue weighted by Crippen LogP contribution is -2.45. The molecule has 2 aliphatic rings. The number of carbonyl (C=O) groups is 3. The molecule has 0 N–H and O–H groups in total. The van der Waals surface area contributed by atoms with Gasteiger partial charge in [-0.3, -0.25) is 9.59 Å². The number of benzene rings is 1. The number of hydrogen-bond acceptors (Lipinski definition) is 5. The average molecular weight is 357 g/mol. The summed E-state index contributed by atoms with van der Waals surface area (Å²) in [7, 11) is 0. The maximum Gasteiger partial charge on any atom is 0.417 e. The number of ether oxygens (including phenoxy) is 2. The lowest BCUT2D eigenvalue weighted by Gasteiger charge is -2.25. The smallest absolute Gasteiger partial charge is 0.417 e. The lowest BCUT2D eigenvalue weighted by molar-refractivity contribution is -0.155. The molecule has 0 bridgehead atoms. The van der Waals surface area contributed by atoms with Crippen molar-refractivity contribution in [2.24, 2.45) is 5.41 Å². The van der Waals surface area contributed by atoms with Crippen LogP contribution in [-0.2, 0) is 19.1 Å². The first-order chi connectivity index (χ1) is 12.6. The van der Waals surface area contributed by atoms with E-state index in [9.17, 15) is 14.4 Å². The van der Waals surface area contributed by atoms with E-state index >= 15 is 0 Å². The van der Waals surface area contributed by atoms with Gasteiger partial charge < -0.3 is 9.47 Å². The van der Waals surface area contributed by atoms with Crippen LogP contribution in [0.1, 0.15) is 44.7 Å². The molecule has 0 radical (unpaired) electrons. The number of unbranched alkanes of at least 4 members (excludes halogenated alkanes) is 1. The Bertz CT molecular complexity index is 742. The van der Waals surface area contributed by atoms with Gasteiger partial charge in [0.25, 0.3) is 5.91 Å². The number of rotatable bonds is 7. The van der Waals surface area contributed by atoms with E-state index in [1.807, 2.05) is 37.3 Å². The van der Waals surface area contributed by atoms with Crippen molar-refractivity contribution in [3.8, 4) is 0 Å². The van der Waals surface area contributed by atoms with Crippen molar-refractivity contribution in [1.29, 1.82) is 0 Å². The summed E-state index contributed by atoms with van der Waals surface area (Å²) in [4.78, 5) is 39.2. The molecule has 2 amide bonds. The van der Waals surface area contributed by atoms with E-state index < -0.39 is 29.4 Å². The fourth-order valence-corrected chi connectivity index (χ4v) is 3.34. The molecule has 1 aromatic carbocycles. The van der Waals surface area contributed by atoms with E-state index in [1.165, 1.54) is 0 Å². The van der Waals surface area contributed by atoms with Crippen LogP contribution in [0, 0.1) is 5.41 Å². The first-order valence-electron chi connectivity index (χ1n) is 9.01. The predicted molar refractivity (Wildman–Crippen MR) is 94.1 cm³/mol. The van der Waals surface area contributed by atoms with Gasteiger partial charge in [0.1, 0.15) is 12.6 Å². The quantitative estimate of drug-likeness (QED) is 0.425. The summed E-state index contributed by atoms with van der Waals surface area (Å²) in [6.07, 6.45) is 3.37. The van der Waals surface area contributed by atoms with Gasteiger partial charge in [-0.1, -0.05) is 49.8 Å². The van der Waals surface area contributed by atoms with Crippen LogP contribution in [-0.4, -0.2) is 36.1 Å². The van der Waals surface area contributed by atoms with Crippen LogP contribution in [0.2, 0.25) is 0 Å². The van der Waals surface area contributed by atoms with Crippen molar-refractivity contribution in [3.05, 3.63) is 47.5 Å². The lowest BCUT2D eigenvalue weighted by atomic mass is 9.94. The normalized spacial score (nSPS) is 24.1. The first kappa shape index (κ1) is 18.2. The van der Waals surface area contributed by atoms with Crippen molar-refractivity contribution in [2.45, 2.75) is 39.2 Å². The number of nitrogens with zero attached hydrogens (tertiary/aromatic N) is 1. The summed E-state index contributed by atoms with van der Waals surface area (Å²) in [5.41, 5.74) is 0.0810. The number of imide groups is 1. The zero-order valence-electron chi connectivity index (χ0n) is 15.1. The summed E-state index contributed by atoms with van der Waals surface area (Å²) in [6, 6.07) is 8.67. The minimum atomic E-state index is -1.44. The predicted octanol–water partition coefficient (Wildman–Crippen LogP) is 3.39. The molecule has 138 valence electrons. The zero-order valence-corrected chi connectivity index (χ0v) is 15.1. The second kappa shape index (κ2) is 7.32. The average Bonchev–Trinajstić information content (AvgIpc) is 3.27. The van der Waals surface area contributed by atoms with E-state index in [4.69, 9.17) is 9.47 Å². The molecule has 0 spiro atoms. The number of cyclic esters (lactones) is 1. The number of hydrogen-bond donors (Lipinski definition) is 0. The van der Waals surface area contributed by atoms with Crippen LogP contribution in [0.25, 0.3) is 0 Å². The minimum absolute atomic E-state index is 0.0811. The van der Waals surface area contributed by atoms with Gasteiger partial charge in [-0.05, 0) is 30.9 Å². The highest BCUT2D eigenvalue weighted by molar-refractivity contribution is 6.16. The Hall–Kier alpha value is -2.63. The molecular formula is C20H23NO5. The molecule has 3 rings (SSSR count). The number of carbonyl (C=O) groups excluding carboxylic acids is 3. The number of amides is 2. The Labute approximate surface area is 152 Å². The molecule has 2 atom stereocenters. The van der Waals surface area contributed by atoms with Gasteiger partial charge in [0.15, 0.2) is 5.41 Å². The Morgan fingerprint density at radius 3 is 2.65 bits per heavy atom. The van der Waals surface area contributed by atoms with Crippen LogP contribution in [0.3, 0.4) is 0 Å². The highest BCUT2D eigenvalue weighted by Crippen LogP contribution is 2.51. The molecule has 0 unspecified atom stereocenters. The molecule has 1 aliphatic heterocycles. The minimum Gasteiger partial charge on any atom is -0.465 e. The van der Waals surface area contributed by atoms with Crippen LogP contribution in [0.4, 0.5) is 4.79 Å². The van der Waals surface area contributed by atoms with Gasteiger partial charge in [-0.2, -0.15) is 0 Å². The van der Waals surface area contributed by atoms with E-state index in [0.29, 0.717) is 6.42 Å². The Morgan fingerprint density at radius 1 is 1.27 bits per heavy atom. The van der Waals surface area contributed by atoms with Crippen LogP contribution < -0.4 is 0 Å². The van der Waals surface area contributed by atoms with Gasteiger partial charge in [0.2, 0.25) is 0 Å². The molecule has 0 saturated carbocycles. The second-order valence-electron chi connectivity index (χ2n) is 6.48. The van der Waals surface area contributed by atoms with Gasteiger partial charge in [0.05, 0.1) is 6.61 Å². The van der Waals surface area contributed by atoms with E-state index in [2.05, 4.69) is 0 Å². The van der Waals surface area contributed by atoms with E-state index in [-0.39, 0.29) is 13.2 Å². The third kappa shape index (κ3) is 3.00. The van der Waals surface area contributed by atoms with Crippen molar-refractivity contribution in [3.63, 3.8) is 0 Å². The van der Waals surface area contributed by atoms with Gasteiger partial charge in [-0.25, -0.2) is 9.69 Å². The maximum absolute atomic E-state index is 13.3. The molecule has 1 aromatic rings. The molecule has 6 nitrogen and oxygen atoms in total. The van der Waals surface area contributed by atoms with Crippen LogP contribution in [0.5, 0.6) is 0 Å². The molecule has 1 heterocycles. The third-order valence-electron chi connectivity index (χ3n) is 4.82. The molecule has 1 fully saturated rings. The maximum atomic E-state index is 13.3. The summed E-state index contributed by atoms with van der Waals surface area (Å²) >= 11 is 0. The van der Waals surface area contributed by atoms with Crippen LogP contribution >= 0.6 is 0 Å². The fraction of sp³-hybridized carbons (Fsp3) is 0.450. The fourth-order valence-electron chi connectivity index (χ4n) is 3.34. The number of esters is 1. The Kier molecular flexibility index (Phi) is 5.11. The second-order valence-corrected chi connectivity index (χ2v) is 6.48. The third-order valence-corrected chi connectivity index (χ3v) is 4.82. The zero-order chi connectivity index (χ0) is 18.7. The first-order valence-corrected chi connectivity index (χ1v) is 9.01. The monoisotopic (exact) mass is 357 g/mol. The van der Waals surface area contributed by atoms with E-state index in [1.54, 1.807) is 13.0 Å². The van der Waals surface area contributed by atoms with Crippen LogP contribution in [0.15, 0.2) is 42.0 Å². The largest absolute Gasteiger partial charge is 0.465 e. The molecule has 1 saturated heterocycles. The van der Waals surface area contributed by atoms with Gasteiger partial charge in [0, 0.05) is 0 Å². The molecule has 6 heteroatoms.